The molecule has 2 aromatic rings. The minimum atomic E-state index is -0.713. The fourth-order valence-electron chi connectivity index (χ4n) is 1.90. The lowest BCUT2D eigenvalue weighted by atomic mass is 9.97. The summed E-state index contributed by atoms with van der Waals surface area (Å²) in [6.07, 6.45) is 1.27. The largest absolute Gasteiger partial charge is 0.501 e. The van der Waals surface area contributed by atoms with Crippen LogP contribution in [0.2, 0.25) is 0 Å². The van der Waals surface area contributed by atoms with Crippen molar-refractivity contribution in [3.63, 3.8) is 0 Å². The number of benzene rings is 1. The first-order valence-corrected chi connectivity index (χ1v) is 5.48. The van der Waals surface area contributed by atoms with Gasteiger partial charge in [0, 0.05) is 17.3 Å². The number of nitrogens with zero attached hydrogens (tertiary/aromatic N) is 3. The standard InChI is InChI=1S/C13H7FN3O2/c14-11-6-5-8(7-15-11)12-9-3-1-2-4-10(9)13(18)17(19)16-12/h1-7H/q+1. The first kappa shape index (κ1) is 11.3. The minimum absolute atomic E-state index is 0.0288. The van der Waals surface area contributed by atoms with E-state index >= 15 is 0 Å². The Hall–Kier alpha value is -2.76. The lowest BCUT2D eigenvalue weighted by Crippen LogP contribution is -2.25. The normalized spacial score (nSPS) is 14.1. The Labute approximate surface area is 107 Å². The molecule has 1 aromatic carbocycles. The third-order valence-corrected chi connectivity index (χ3v) is 2.78. The number of hydrogen-bond donors (Lipinski definition) is 0. The number of carbonyl (C=O) groups excluding carboxylic acids is 1. The maximum Gasteiger partial charge on any atom is 0.501 e. The number of halogens is 1. The third kappa shape index (κ3) is 1.83. The number of hydrazone groups is 1. The van der Waals surface area contributed by atoms with Gasteiger partial charge >= 0.3 is 5.91 Å². The number of nitroso groups, excluding NO2 is 1. The summed E-state index contributed by atoms with van der Waals surface area (Å²) in [6.45, 7) is 0. The highest BCUT2D eigenvalue weighted by molar-refractivity contribution is 6.18. The Kier molecular flexibility index (Phi) is 2.49. The second kappa shape index (κ2) is 4.16. The van der Waals surface area contributed by atoms with Crippen LogP contribution in [0.25, 0.3) is 0 Å². The summed E-state index contributed by atoms with van der Waals surface area (Å²) in [4.78, 5) is 26.7. The van der Waals surface area contributed by atoms with Gasteiger partial charge in [0.1, 0.15) is 5.56 Å². The Morgan fingerprint density at radius 1 is 1.05 bits per heavy atom. The van der Waals surface area contributed by atoms with Gasteiger partial charge in [-0.25, -0.2) is 9.78 Å². The predicted molar refractivity (Wildman–Crippen MR) is 64.2 cm³/mol. The quantitative estimate of drug-likeness (QED) is 0.578. The summed E-state index contributed by atoms with van der Waals surface area (Å²) in [6, 6.07) is 9.26. The van der Waals surface area contributed by atoms with Crippen LogP contribution in [-0.2, 0) is 0 Å². The topological polar surface area (TPSA) is 62.4 Å². The highest BCUT2D eigenvalue weighted by Crippen LogP contribution is 2.20. The number of aromatic nitrogens is 1. The van der Waals surface area contributed by atoms with Gasteiger partial charge < -0.3 is 0 Å². The molecule has 5 nitrogen and oxygen atoms in total. The van der Waals surface area contributed by atoms with Gasteiger partial charge in [0.05, 0.1) is 10.0 Å². The molecule has 0 unspecified atom stereocenters. The Bertz CT molecular complexity index is 723. The van der Waals surface area contributed by atoms with Crippen molar-refractivity contribution >= 4 is 11.6 Å². The van der Waals surface area contributed by atoms with Gasteiger partial charge in [0.15, 0.2) is 5.71 Å². The van der Waals surface area contributed by atoms with Crippen LogP contribution in [0.1, 0.15) is 21.5 Å². The zero-order valence-electron chi connectivity index (χ0n) is 9.58. The van der Waals surface area contributed by atoms with E-state index in [0.717, 1.165) is 0 Å². The van der Waals surface area contributed by atoms with Crippen LogP contribution < -0.4 is 0 Å². The van der Waals surface area contributed by atoms with Crippen molar-refractivity contribution in [1.29, 1.82) is 0 Å². The van der Waals surface area contributed by atoms with Crippen molar-refractivity contribution in [3.05, 3.63) is 70.1 Å². The fraction of sp³-hybridized carbons (Fsp3) is 0. The van der Waals surface area contributed by atoms with E-state index in [1.54, 1.807) is 24.3 Å². The van der Waals surface area contributed by atoms with Crippen molar-refractivity contribution < 1.29 is 14.1 Å². The summed E-state index contributed by atoms with van der Waals surface area (Å²) in [5, 5.41) is 3.69. The van der Waals surface area contributed by atoms with Gasteiger partial charge in [0.2, 0.25) is 10.8 Å². The summed E-state index contributed by atoms with van der Waals surface area (Å²) < 4.78 is 12.8. The van der Waals surface area contributed by atoms with Crippen LogP contribution in [0, 0.1) is 10.9 Å². The second-order valence-corrected chi connectivity index (χ2v) is 3.94. The molecule has 92 valence electrons. The summed E-state index contributed by atoms with van der Waals surface area (Å²) >= 11 is 0. The SMILES string of the molecule is O=C1c2ccccc2C(c2ccc(F)nc2)=N[N+]1=O. The van der Waals surface area contributed by atoms with Crippen LogP contribution >= 0.6 is 0 Å². The van der Waals surface area contributed by atoms with Gasteiger partial charge in [-0.1, -0.05) is 18.2 Å². The van der Waals surface area contributed by atoms with Crippen LogP contribution in [0.5, 0.6) is 0 Å². The van der Waals surface area contributed by atoms with E-state index in [-0.39, 0.29) is 10.4 Å². The molecular formula is C13H7FN3O2+. The smallest absolute Gasteiger partial charge is 0.228 e. The summed E-state index contributed by atoms with van der Waals surface area (Å²) in [5.74, 6) is -1.34. The molecule has 2 heterocycles. The summed E-state index contributed by atoms with van der Waals surface area (Å²) in [7, 11) is 0. The molecule has 0 radical (unpaired) electrons. The molecule has 1 amide bonds. The number of pyridine rings is 1. The number of carbonyl (C=O) groups is 1. The molecule has 19 heavy (non-hydrogen) atoms. The van der Waals surface area contributed by atoms with E-state index in [2.05, 4.69) is 10.1 Å². The predicted octanol–water partition coefficient (Wildman–Crippen LogP) is 1.91. The van der Waals surface area contributed by atoms with E-state index in [1.807, 2.05) is 0 Å². The van der Waals surface area contributed by atoms with E-state index in [1.165, 1.54) is 18.3 Å². The lowest BCUT2D eigenvalue weighted by molar-refractivity contribution is -0.456. The molecule has 3 rings (SSSR count). The zero-order valence-corrected chi connectivity index (χ0v) is 9.58. The molecule has 1 aliphatic rings. The lowest BCUT2D eigenvalue weighted by Gasteiger charge is -2.08. The van der Waals surface area contributed by atoms with Gasteiger partial charge in [-0.05, 0) is 18.2 Å². The van der Waals surface area contributed by atoms with Gasteiger partial charge in [-0.3, -0.25) is 0 Å². The van der Waals surface area contributed by atoms with E-state index in [4.69, 9.17) is 0 Å². The maximum absolute atomic E-state index is 12.8. The number of amides is 1. The van der Waals surface area contributed by atoms with Crippen LogP contribution in [-0.4, -0.2) is 21.5 Å². The average molecular weight is 256 g/mol. The van der Waals surface area contributed by atoms with Crippen molar-refractivity contribution in [1.82, 2.24) is 4.98 Å². The van der Waals surface area contributed by atoms with Crippen LogP contribution in [0.4, 0.5) is 4.39 Å². The molecular weight excluding hydrogens is 249 g/mol. The average Bonchev–Trinajstić information content (AvgIpc) is 2.44. The highest BCUT2D eigenvalue weighted by Gasteiger charge is 2.36. The molecule has 1 aromatic heterocycles. The first-order chi connectivity index (χ1) is 9.16. The van der Waals surface area contributed by atoms with Crippen LogP contribution in [0.3, 0.4) is 0 Å². The molecule has 0 aliphatic carbocycles. The van der Waals surface area contributed by atoms with E-state index in [0.29, 0.717) is 16.8 Å². The van der Waals surface area contributed by atoms with E-state index < -0.39 is 11.9 Å². The fourth-order valence-corrected chi connectivity index (χ4v) is 1.90. The first-order valence-electron chi connectivity index (χ1n) is 5.48. The Morgan fingerprint density at radius 2 is 1.79 bits per heavy atom. The van der Waals surface area contributed by atoms with Gasteiger partial charge in [-0.2, -0.15) is 4.39 Å². The van der Waals surface area contributed by atoms with Crippen molar-refractivity contribution in [3.8, 4) is 0 Å². The molecule has 0 saturated heterocycles. The molecule has 1 aliphatic heterocycles. The number of hydrogen-bond acceptors (Lipinski definition) is 3. The van der Waals surface area contributed by atoms with Crippen molar-refractivity contribution in [2.24, 2.45) is 5.10 Å². The minimum Gasteiger partial charge on any atom is -0.228 e. The number of fused-ring (bicyclic) bond motifs is 1. The Balaban J connectivity index is 2.21. The van der Waals surface area contributed by atoms with Crippen molar-refractivity contribution in [2.45, 2.75) is 0 Å². The Morgan fingerprint density at radius 3 is 2.47 bits per heavy atom. The van der Waals surface area contributed by atoms with Gasteiger partial charge in [0.25, 0.3) is 0 Å². The molecule has 6 heteroatoms. The van der Waals surface area contributed by atoms with Crippen LogP contribution in [0.15, 0.2) is 47.7 Å². The molecule has 0 saturated carbocycles. The van der Waals surface area contributed by atoms with Crippen molar-refractivity contribution in [2.75, 3.05) is 0 Å². The number of rotatable bonds is 1. The summed E-state index contributed by atoms with van der Waals surface area (Å²) in [5.41, 5.74) is 1.58. The molecule has 0 fully saturated rings. The van der Waals surface area contributed by atoms with Gasteiger partial charge in [-0.15, -0.1) is 0 Å². The zero-order chi connectivity index (χ0) is 13.4. The molecule has 0 bridgehead atoms. The highest BCUT2D eigenvalue weighted by atomic mass is 19.1. The molecule has 0 N–H and O–H groups in total. The maximum atomic E-state index is 12.8. The van der Waals surface area contributed by atoms with E-state index in [9.17, 15) is 14.1 Å². The molecule has 0 atom stereocenters. The third-order valence-electron chi connectivity index (χ3n) is 2.78. The monoisotopic (exact) mass is 256 g/mol. The second-order valence-electron chi connectivity index (χ2n) is 3.94. The molecule has 0 spiro atoms.